The predicted octanol–water partition coefficient (Wildman–Crippen LogP) is 3.91. The van der Waals surface area contributed by atoms with Crippen molar-refractivity contribution in [1.82, 2.24) is 9.97 Å². The van der Waals surface area contributed by atoms with E-state index in [1.807, 2.05) is 11.4 Å². The molecule has 2 heterocycles. The maximum atomic E-state index is 12.2. The lowest BCUT2D eigenvalue weighted by atomic mass is 10.2. The molecule has 0 unspecified atom stereocenters. The lowest BCUT2D eigenvalue weighted by Crippen LogP contribution is -2.15. The van der Waals surface area contributed by atoms with Crippen LogP contribution < -0.4 is 10.6 Å². The number of thiazole rings is 2. The molecule has 1 aliphatic carbocycles. The van der Waals surface area contributed by atoms with Crippen LogP contribution in [-0.4, -0.2) is 21.8 Å². The van der Waals surface area contributed by atoms with Gasteiger partial charge in [-0.1, -0.05) is 18.2 Å². The molecule has 132 valence electrons. The number of carbonyl (C=O) groups is 2. The molecule has 0 saturated heterocycles. The summed E-state index contributed by atoms with van der Waals surface area (Å²) in [5, 5.41) is 10.5. The number of nitrogens with zero attached hydrogens (tertiary/aromatic N) is 2. The maximum absolute atomic E-state index is 12.2. The third-order valence-corrected chi connectivity index (χ3v) is 5.50. The highest BCUT2D eigenvalue weighted by atomic mass is 32.1. The summed E-state index contributed by atoms with van der Waals surface area (Å²) in [7, 11) is 0. The van der Waals surface area contributed by atoms with E-state index in [9.17, 15) is 9.59 Å². The van der Waals surface area contributed by atoms with E-state index in [4.69, 9.17) is 0 Å². The summed E-state index contributed by atoms with van der Waals surface area (Å²) < 4.78 is 0. The Kier molecular flexibility index (Phi) is 4.77. The minimum Gasteiger partial charge on any atom is -0.302 e. The molecule has 6 nitrogen and oxygen atoms in total. The van der Waals surface area contributed by atoms with Gasteiger partial charge >= 0.3 is 0 Å². The van der Waals surface area contributed by atoms with Gasteiger partial charge in [-0.25, -0.2) is 9.97 Å². The number of anilines is 2. The van der Waals surface area contributed by atoms with Crippen molar-refractivity contribution in [3.05, 3.63) is 58.0 Å². The molecule has 1 saturated carbocycles. The Morgan fingerprint density at radius 1 is 1.00 bits per heavy atom. The number of nitrogens with one attached hydrogen (secondary N) is 2. The summed E-state index contributed by atoms with van der Waals surface area (Å²) in [6.07, 6.45) is 2.52. The topological polar surface area (TPSA) is 84.0 Å². The minimum atomic E-state index is -0.216. The first kappa shape index (κ1) is 16.9. The smallest absolute Gasteiger partial charge is 0.257 e. The first-order valence-corrected chi connectivity index (χ1v) is 9.99. The van der Waals surface area contributed by atoms with Crippen LogP contribution in [0.25, 0.3) is 0 Å². The number of aromatic nitrogens is 2. The SMILES string of the molecule is O=C(Cc1csc(NC(=O)c2ccccc2)n1)Nc1nc(C2CC2)cs1. The predicted molar refractivity (Wildman–Crippen MR) is 103 cm³/mol. The highest BCUT2D eigenvalue weighted by molar-refractivity contribution is 7.14. The van der Waals surface area contributed by atoms with Crippen LogP contribution in [0.2, 0.25) is 0 Å². The molecule has 0 aliphatic heterocycles. The molecular weight excluding hydrogens is 368 g/mol. The van der Waals surface area contributed by atoms with Crippen LogP contribution in [0, 0.1) is 0 Å². The fourth-order valence-corrected chi connectivity index (χ4v) is 3.96. The van der Waals surface area contributed by atoms with E-state index in [0.29, 0.717) is 27.4 Å². The summed E-state index contributed by atoms with van der Waals surface area (Å²) in [6.45, 7) is 0. The molecule has 0 spiro atoms. The Labute approximate surface area is 158 Å². The van der Waals surface area contributed by atoms with Crippen molar-refractivity contribution in [2.75, 3.05) is 10.6 Å². The van der Waals surface area contributed by atoms with Crippen LogP contribution in [0.15, 0.2) is 41.1 Å². The fourth-order valence-electron chi connectivity index (χ4n) is 2.44. The molecule has 0 bridgehead atoms. The zero-order chi connectivity index (χ0) is 17.9. The first-order valence-electron chi connectivity index (χ1n) is 8.23. The molecule has 8 heteroatoms. The second kappa shape index (κ2) is 7.35. The van der Waals surface area contributed by atoms with Crippen molar-refractivity contribution >= 4 is 44.8 Å². The third kappa shape index (κ3) is 4.14. The number of benzene rings is 1. The molecule has 3 aromatic rings. The number of carbonyl (C=O) groups excluding carboxylic acids is 2. The number of rotatable bonds is 6. The third-order valence-electron chi connectivity index (χ3n) is 3.91. The molecule has 0 radical (unpaired) electrons. The summed E-state index contributed by atoms with van der Waals surface area (Å²) in [4.78, 5) is 33.0. The van der Waals surface area contributed by atoms with Gasteiger partial charge in [0.25, 0.3) is 5.91 Å². The molecule has 1 aromatic carbocycles. The van der Waals surface area contributed by atoms with Crippen molar-refractivity contribution in [2.24, 2.45) is 0 Å². The molecular formula is C18H16N4O2S2. The average molecular weight is 384 g/mol. The molecule has 2 amide bonds. The number of hydrogen-bond donors (Lipinski definition) is 2. The molecule has 1 aliphatic rings. The van der Waals surface area contributed by atoms with Crippen LogP contribution in [0.4, 0.5) is 10.3 Å². The fraction of sp³-hybridized carbons (Fsp3) is 0.222. The van der Waals surface area contributed by atoms with E-state index < -0.39 is 0 Å². The number of amides is 2. The Balaban J connectivity index is 1.32. The van der Waals surface area contributed by atoms with E-state index in [0.717, 1.165) is 5.69 Å². The standard InChI is InChI=1S/C18H16N4O2S2/c23-15(21-18-20-14(10-26-18)11-6-7-11)8-13-9-25-17(19-13)22-16(24)12-4-2-1-3-5-12/h1-5,9-11H,6-8H2,(H,19,22,24)(H,20,21,23). The molecule has 2 aromatic heterocycles. The minimum absolute atomic E-state index is 0.149. The largest absolute Gasteiger partial charge is 0.302 e. The lowest BCUT2D eigenvalue weighted by molar-refractivity contribution is -0.115. The van der Waals surface area contributed by atoms with Crippen LogP contribution in [0.3, 0.4) is 0 Å². The Bertz CT molecular complexity index is 932. The van der Waals surface area contributed by atoms with Crippen LogP contribution in [-0.2, 0) is 11.2 Å². The highest BCUT2D eigenvalue weighted by Crippen LogP contribution is 2.40. The van der Waals surface area contributed by atoms with Gasteiger partial charge in [-0.2, -0.15) is 0 Å². The Morgan fingerprint density at radius 3 is 2.50 bits per heavy atom. The van der Waals surface area contributed by atoms with Gasteiger partial charge in [0.15, 0.2) is 10.3 Å². The van der Waals surface area contributed by atoms with Crippen LogP contribution in [0.1, 0.15) is 40.5 Å². The van der Waals surface area contributed by atoms with Crippen molar-refractivity contribution < 1.29 is 9.59 Å². The van der Waals surface area contributed by atoms with Gasteiger partial charge in [-0.05, 0) is 25.0 Å². The molecule has 2 N–H and O–H groups in total. The second-order valence-electron chi connectivity index (χ2n) is 6.04. The van der Waals surface area contributed by atoms with Crippen LogP contribution >= 0.6 is 22.7 Å². The second-order valence-corrected chi connectivity index (χ2v) is 7.76. The average Bonchev–Trinajstić information content (AvgIpc) is 3.24. The highest BCUT2D eigenvalue weighted by Gasteiger charge is 2.26. The quantitative estimate of drug-likeness (QED) is 0.675. The summed E-state index contributed by atoms with van der Waals surface area (Å²) in [5.74, 6) is 0.200. The zero-order valence-electron chi connectivity index (χ0n) is 13.8. The summed E-state index contributed by atoms with van der Waals surface area (Å²) >= 11 is 2.75. The van der Waals surface area contributed by atoms with E-state index >= 15 is 0 Å². The monoisotopic (exact) mass is 384 g/mol. The van der Waals surface area contributed by atoms with Gasteiger partial charge in [0, 0.05) is 22.2 Å². The normalized spacial score (nSPS) is 13.4. The summed E-state index contributed by atoms with van der Waals surface area (Å²) in [6, 6.07) is 8.94. The molecule has 26 heavy (non-hydrogen) atoms. The molecule has 1 fully saturated rings. The Hall–Kier alpha value is -2.58. The van der Waals surface area contributed by atoms with Gasteiger partial charge in [-0.3, -0.25) is 14.9 Å². The van der Waals surface area contributed by atoms with Crippen molar-refractivity contribution in [2.45, 2.75) is 25.2 Å². The van der Waals surface area contributed by atoms with E-state index in [1.54, 1.807) is 29.6 Å². The van der Waals surface area contributed by atoms with Crippen LogP contribution in [0.5, 0.6) is 0 Å². The van der Waals surface area contributed by atoms with Crippen molar-refractivity contribution in [3.8, 4) is 0 Å². The van der Waals surface area contributed by atoms with E-state index in [-0.39, 0.29) is 18.2 Å². The lowest BCUT2D eigenvalue weighted by Gasteiger charge is -2.01. The first-order chi connectivity index (χ1) is 12.7. The van der Waals surface area contributed by atoms with Gasteiger partial charge < -0.3 is 5.32 Å². The number of hydrogen-bond acceptors (Lipinski definition) is 6. The van der Waals surface area contributed by atoms with Gasteiger partial charge in [-0.15, -0.1) is 22.7 Å². The van der Waals surface area contributed by atoms with Gasteiger partial charge in [0.1, 0.15) is 0 Å². The van der Waals surface area contributed by atoms with E-state index in [1.165, 1.54) is 35.5 Å². The van der Waals surface area contributed by atoms with E-state index in [2.05, 4.69) is 20.6 Å². The molecule has 0 atom stereocenters. The van der Waals surface area contributed by atoms with Crippen molar-refractivity contribution in [1.29, 1.82) is 0 Å². The zero-order valence-corrected chi connectivity index (χ0v) is 15.4. The maximum Gasteiger partial charge on any atom is 0.257 e. The van der Waals surface area contributed by atoms with Gasteiger partial charge in [0.05, 0.1) is 17.8 Å². The Morgan fingerprint density at radius 2 is 1.73 bits per heavy atom. The molecule has 4 rings (SSSR count). The van der Waals surface area contributed by atoms with Gasteiger partial charge in [0.2, 0.25) is 5.91 Å². The van der Waals surface area contributed by atoms with Crippen molar-refractivity contribution in [3.63, 3.8) is 0 Å². The summed E-state index contributed by atoms with van der Waals surface area (Å²) in [5.41, 5.74) is 2.26.